The molecule has 24 heavy (non-hydrogen) atoms. The molecule has 9 heteroatoms. The Labute approximate surface area is 140 Å². The van der Waals surface area contributed by atoms with Crippen molar-refractivity contribution in [1.29, 1.82) is 0 Å². The van der Waals surface area contributed by atoms with Crippen molar-refractivity contribution >= 4 is 11.7 Å². The lowest BCUT2D eigenvalue weighted by atomic mass is 10.0. The van der Waals surface area contributed by atoms with Crippen LogP contribution in [0.4, 0.5) is 5.82 Å². The van der Waals surface area contributed by atoms with Crippen molar-refractivity contribution in [3.8, 4) is 5.75 Å². The van der Waals surface area contributed by atoms with E-state index in [1.54, 1.807) is 0 Å². The number of nitro groups is 1. The molecule has 1 N–H and O–H groups in total. The lowest BCUT2D eigenvalue weighted by Crippen LogP contribution is -2.55. The number of morpholine rings is 1. The van der Waals surface area contributed by atoms with Crippen LogP contribution in [0.25, 0.3) is 0 Å². The number of amides is 1. The number of hydrogen-bond donors (Lipinski definition) is 1. The summed E-state index contributed by atoms with van der Waals surface area (Å²) in [5.41, 5.74) is -0.209. The largest absolute Gasteiger partial charge is 0.476 e. The summed E-state index contributed by atoms with van der Waals surface area (Å²) in [7, 11) is 0. The molecule has 1 aliphatic heterocycles. The standard InChI is InChI=1S/C15H22N4O5/c1-15(2,18-6-8-23-9-7-18)11-17-13(20)10-24-12-4-3-5-16-14(12)19(21)22/h3-5H,6-11H2,1-2H3,(H,17,20). The Bertz CT molecular complexity index is 587. The Morgan fingerprint density at radius 2 is 2.21 bits per heavy atom. The number of pyridine rings is 1. The lowest BCUT2D eigenvalue weighted by Gasteiger charge is -2.40. The highest BCUT2D eigenvalue weighted by Gasteiger charge is 2.28. The molecule has 0 atom stereocenters. The summed E-state index contributed by atoms with van der Waals surface area (Å²) in [5, 5.41) is 13.6. The van der Waals surface area contributed by atoms with Crippen LogP contribution in [0.1, 0.15) is 13.8 Å². The van der Waals surface area contributed by atoms with Crippen LogP contribution in [-0.4, -0.2) is 65.7 Å². The van der Waals surface area contributed by atoms with E-state index in [1.807, 2.05) is 13.8 Å². The molecule has 1 aliphatic rings. The second kappa shape index (κ2) is 8.02. The first kappa shape index (κ1) is 18.1. The van der Waals surface area contributed by atoms with E-state index in [9.17, 15) is 14.9 Å². The molecule has 0 unspecified atom stereocenters. The van der Waals surface area contributed by atoms with Gasteiger partial charge >= 0.3 is 5.82 Å². The first-order chi connectivity index (χ1) is 11.4. The van der Waals surface area contributed by atoms with Crippen LogP contribution >= 0.6 is 0 Å². The van der Waals surface area contributed by atoms with Gasteiger partial charge in [0.2, 0.25) is 5.75 Å². The molecule has 0 bridgehead atoms. The van der Waals surface area contributed by atoms with Gasteiger partial charge in [-0.1, -0.05) is 0 Å². The van der Waals surface area contributed by atoms with Crippen molar-refractivity contribution in [3.05, 3.63) is 28.4 Å². The van der Waals surface area contributed by atoms with Crippen LogP contribution in [0.2, 0.25) is 0 Å². The third kappa shape index (κ3) is 4.87. The average molecular weight is 338 g/mol. The van der Waals surface area contributed by atoms with Crippen molar-refractivity contribution in [2.45, 2.75) is 19.4 Å². The number of nitrogens with zero attached hydrogens (tertiary/aromatic N) is 3. The molecule has 0 saturated carbocycles. The van der Waals surface area contributed by atoms with E-state index in [0.29, 0.717) is 19.8 Å². The van der Waals surface area contributed by atoms with Crippen LogP contribution < -0.4 is 10.1 Å². The zero-order chi connectivity index (χ0) is 17.6. The smallest absolute Gasteiger partial charge is 0.406 e. The number of nitrogens with one attached hydrogen (secondary N) is 1. The number of ether oxygens (including phenoxy) is 2. The highest BCUT2D eigenvalue weighted by Crippen LogP contribution is 2.22. The monoisotopic (exact) mass is 338 g/mol. The van der Waals surface area contributed by atoms with Crippen LogP contribution in [0.5, 0.6) is 5.75 Å². The number of carbonyl (C=O) groups is 1. The van der Waals surface area contributed by atoms with Crippen LogP contribution in [0.15, 0.2) is 18.3 Å². The first-order valence-electron chi connectivity index (χ1n) is 7.72. The number of carbonyl (C=O) groups excluding carboxylic acids is 1. The predicted molar refractivity (Wildman–Crippen MR) is 85.9 cm³/mol. The first-order valence-corrected chi connectivity index (χ1v) is 7.72. The van der Waals surface area contributed by atoms with Gasteiger partial charge in [0.25, 0.3) is 5.91 Å². The molecule has 0 spiro atoms. The summed E-state index contributed by atoms with van der Waals surface area (Å²) < 4.78 is 10.5. The van der Waals surface area contributed by atoms with Crippen molar-refractivity contribution in [1.82, 2.24) is 15.2 Å². The Hall–Kier alpha value is -2.26. The molecule has 2 heterocycles. The fourth-order valence-electron chi connectivity index (χ4n) is 2.42. The molecule has 0 aliphatic carbocycles. The fraction of sp³-hybridized carbons (Fsp3) is 0.600. The van der Waals surface area contributed by atoms with Gasteiger partial charge in [-0.2, -0.15) is 0 Å². The normalized spacial score (nSPS) is 15.8. The second-order valence-electron chi connectivity index (χ2n) is 6.06. The quantitative estimate of drug-likeness (QED) is 0.573. The molecule has 1 aromatic rings. The van der Waals surface area contributed by atoms with Gasteiger partial charge in [0.1, 0.15) is 6.20 Å². The van der Waals surface area contributed by atoms with Gasteiger partial charge in [0, 0.05) is 25.2 Å². The maximum Gasteiger partial charge on any atom is 0.406 e. The number of aromatic nitrogens is 1. The van der Waals surface area contributed by atoms with Gasteiger partial charge in [-0.05, 0) is 35.9 Å². The Kier molecular flexibility index (Phi) is 6.04. The summed E-state index contributed by atoms with van der Waals surface area (Å²) in [6.45, 7) is 7.26. The topological polar surface area (TPSA) is 107 Å². The molecular weight excluding hydrogens is 316 g/mol. The van der Waals surface area contributed by atoms with Crippen molar-refractivity contribution in [3.63, 3.8) is 0 Å². The zero-order valence-corrected chi connectivity index (χ0v) is 13.9. The number of rotatable bonds is 7. The third-order valence-corrected chi connectivity index (χ3v) is 3.87. The van der Waals surface area contributed by atoms with E-state index in [1.165, 1.54) is 18.3 Å². The molecule has 132 valence electrons. The highest BCUT2D eigenvalue weighted by molar-refractivity contribution is 5.77. The minimum atomic E-state index is -0.644. The Balaban J connectivity index is 1.82. The van der Waals surface area contributed by atoms with Gasteiger partial charge in [0.15, 0.2) is 6.61 Å². The van der Waals surface area contributed by atoms with E-state index in [0.717, 1.165) is 13.1 Å². The van der Waals surface area contributed by atoms with Crippen LogP contribution in [0.3, 0.4) is 0 Å². The second-order valence-corrected chi connectivity index (χ2v) is 6.06. The SMILES string of the molecule is CC(C)(CNC(=O)COc1cccnc1[N+](=O)[O-])N1CCOCC1. The summed E-state index contributed by atoms with van der Waals surface area (Å²) in [6.07, 6.45) is 1.30. The molecule has 1 amide bonds. The van der Waals surface area contributed by atoms with E-state index in [4.69, 9.17) is 9.47 Å². The van der Waals surface area contributed by atoms with E-state index in [-0.39, 0.29) is 23.8 Å². The van der Waals surface area contributed by atoms with E-state index >= 15 is 0 Å². The maximum absolute atomic E-state index is 12.0. The zero-order valence-electron chi connectivity index (χ0n) is 13.9. The van der Waals surface area contributed by atoms with Gasteiger partial charge in [-0.3, -0.25) is 9.69 Å². The summed E-state index contributed by atoms with van der Waals surface area (Å²) in [4.78, 5) is 28.0. The molecular formula is C15H22N4O5. The van der Waals surface area contributed by atoms with Gasteiger partial charge in [-0.15, -0.1) is 0 Å². The molecule has 1 aromatic heterocycles. The molecule has 1 saturated heterocycles. The minimum absolute atomic E-state index is 0.0231. The maximum atomic E-state index is 12.0. The van der Waals surface area contributed by atoms with Crippen LogP contribution in [0, 0.1) is 10.1 Å². The Morgan fingerprint density at radius 3 is 2.88 bits per heavy atom. The number of hydrogen-bond acceptors (Lipinski definition) is 7. The summed E-state index contributed by atoms with van der Waals surface area (Å²) in [5.74, 6) is -0.765. The van der Waals surface area contributed by atoms with Gasteiger partial charge in [-0.25, -0.2) is 0 Å². The van der Waals surface area contributed by atoms with Gasteiger partial charge < -0.3 is 24.9 Å². The summed E-state index contributed by atoms with van der Waals surface area (Å²) in [6, 6.07) is 2.93. The molecule has 9 nitrogen and oxygen atoms in total. The summed E-state index contributed by atoms with van der Waals surface area (Å²) >= 11 is 0. The van der Waals surface area contributed by atoms with E-state index in [2.05, 4.69) is 15.2 Å². The highest BCUT2D eigenvalue weighted by atomic mass is 16.6. The molecule has 2 rings (SSSR count). The Morgan fingerprint density at radius 1 is 1.50 bits per heavy atom. The van der Waals surface area contributed by atoms with E-state index < -0.39 is 10.7 Å². The van der Waals surface area contributed by atoms with Crippen LogP contribution in [-0.2, 0) is 9.53 Å². The average Bonchev–Trinajstić information content (AvgIpc) is 2.59. The molecule has 1 fully saturated rings. The molecule has 0 aromatic carbocycles. The van der Waals surface area contributed by atoms with Gasteiger partial charge in [0.05, 0.1) is 13.2 Å². The molecule has 0 radical (unpaired) electrons. The van der Waals surface area contributed by atoms with Crippen molar-refractivity contribution in [2.24, 2.45) is 0 Å². The van der Waals surface area contributed by atoms with Crippen molar-refractivity contribution < 1.29 is 19.2 Å². The predicted octanol–water partition coefficient (Wildman–Crippen LogP) is 0.596. The van der Waals surface area contributed by atoms with Crippen molar-refractivity contribution in [2.75, 3.05) is 39.5 Å². The third-order valence-electron chi connectivity index (χ3n) is 3.87. The fourth-order valence-corrected chi connectivity index (χ4v) is 2.42. The lowest BCUT2D eigenvalue weighted by molar-refractivity contribution is -0.390. The minimum Gasteiger partial charge on any atom is -0.476 e.